The lowest BCUT2D eigenvalue weighted by molar-refractivity contribution is -0.117. The van der Waals surface area contributed by atoms with Gasteiger partial charge in [0.05, 0.1) is 32.9 Å². The van der Waals surface area contributed by atoms with E-state index in [-0.39, 0.29) is 19.1 Å². The van der Waals surface area contributed by atoms with Crippen LogP contribution in [0.1, 0.15) is 28.4 Å². The van der Waals surface area contributed by atoms with Gasteiger partial charge in [0.1, 0.15) is 16.5 Å². The van der Waals surface area contributed by atoms with E-state index in [1.165, 1.54) is 11.3 Å². The fraction of sp³-hybridized carbons (Fsp3) is 0.379. The summed E-state index contributed by atoms with van der Waals surface area (Å²) in [5.74, 6) is 1.09. The molecule has 3 aromatic rings. The molecule has 1 N–H and O–H groups in total. The molecule has 0 aliphatic carbocycles. The highest BCUT2D eigenvalue weighted by Crippen LogP contribution is 2.40. The summed E-state index contributed by atoms with van der Waals surface area (Å²) in [6.07, 6.45) is 0. The summed E-state index contributed by atoms with van der Waals surface area (Å²) in [7, 11) is 3.33. The van der Waals surface area contributed by atoms with E-state index in [1.807, 2.05) is 55.5 Å². The first-order valence-corrected chi connectivity index (χ1v) is 13.6. The number of anilines is 1. The first-order valence-electron chi connectivity index (χ1n) is 12.7. The van der Waals surface area contributed by atoms with Crippen molar-refractivity contribution in [1.82, 2.24) is 9.80 Å². The standard InChI is InChI=1S/C29H35N3O5S/c1-5-37-29(34)26-20(2)27(21-9-7-6-8-10-21)38-28(26)30-25(33)19-32-15-13-31(14-16-32)18-22-17-23(35-3)11-12-24(22)36-4/h6-12,17H,5,13-16,18-19H2,1-4H3,(H,30,33). The maximum absolute atomic E-state index is 13.1. The van der Waals surface area contributed by atoms with E-state index < -0.39 is 5.97 Å². The molecule has 1 aromatic heterocycles. The van der Waals surface area contributed by atoms with Crippen LogP contribution in [0.3, 0.4) is 0 Å². The minimum Gasteiger partial charge on any atom is -0.497 e. The second-order valence-electron chi connectivity index (χ2n) is 9.13. The summed E-state index contributed by atoms with van der Waals surface area (Å²) >= 11 is 1.41. The predicted molar refractivity (Wildman–Crippen MR) is 150 cm³/mol. The second-order valence-corrected chi connectivity index (χ2v) is 10.1. The van der Waals surface area contributed by atoms with Gasteiger partial charge in [0.2, 0.25) is 5.91 Å². The minimum absolute atomic E-state index is 0.140. The van der Waals surface area contributed by atoms with Crippen LogP contribution in [0.25, 0.3) is 10.4 Å². The molecule has 1 aliphatic rings. The SMILES string of the molecule is CCOC(=O)c1c(NC(=O)CN2CCN(Cc3cc(OC)ccc3OC)CC2)sc(-c2ccccc2)c1C. The van der Waals surface area contributed by atoms with Crippen molar-refractivity contribution >= 4 is 28.2 Å². The highest BCUT2D eigenvalue weighted by molar-refractivity contribution is 7.20. The van der Waals surface area contributed by atoms with Crippen molar-refractivity contribution in [2.45, 2.75) is 20.4 Å². The third-order valence-electron chi connectivity index (χ3n) is 6.63. The van der Waals surface area contributed by atoms with Gasteiger partial charge >= 0.3 is 5.97 Å². The van der Waals surface area contributed by atoms with E-state index in [9.17, 15) is 9.59 Å². The monoisotopic (exact) mass is 537 g/mol. The summed E-state index contributed by atoms with van der Waals surface area (Å²) in [6.45, 7) is 8.16. The van der Waals surface area contributed by atoms with Crippen LogP contribution < -0.4 is 14.8 Å². The molecular weight excluding hydrogens is 502 g/mol. The largest absolute Gasteiger partial charge is 0.497 e. The number of methoxy groups -OCH3 is 2. The van der Waals surface area contributed by atoms with Crippen LogP contribution in [0, 0.1) is 6.92 Å². The molecule has 0 saturated carbocycles. The van der Waals surface area contributed by atoms with E-state index in [1.54, 1.807) is 21.1 Å². The molecule has 202 valence electrons. The number of esters is 1. The number of carbonyl (C=O) groups is 2. The Hall–Kier alpha value is -3.40. The first kappa shape index (κ1) is 27.6. The topological polar surface area (TPSA) is 80.3 Å². The van der Waals surface area contributed by atoms with E-state index >= 15 is 0 Å². The lowest BCUT2D eigenvalue weighted by Crippen LogP contribution is -2.48. The molecule has 1 saturated heterocycles. The van der Waals surface area contributed by atoms with Crippen LogP contribution >= 0.6 is 11.3 Å². The number of nitrogens with zero attached hydrogens (tertiary/aromatic N) is 2. The highest BCUT2D eigenvalue weighted by Gasteiger charge is 2.26. The Labute approximate surface area is 228 Å². The zero-order valence-electron chi connectivity index (χ0n) is 22.4. The molecule has 2 heterocycles. The number of carbonyl (C=O) groups excluding carboxylic acids is 2. The van der Waals surface area contributed by atoms with Crippen LogP contribution in [-0.4, -0.2) is 75.2 Å². The molecule has 2 aromatic carbocycles. The quantitative estimate of drug-likeness (QED) is 0.377. The van der Waals surface area contributed by atoms with Crippen molar-refractivity contribution in [3.63, 3.8) is 0 Å². The summed E-state index contributed by atoms with van der Waals surface area (Å²) in [4.78, 5) is 31.3. The maximum atomic E-state index is 13.1. The molecule has 8 nitrogen and oxygen atoms in total. The maximum Gasteiger partial charge on any atom is 0.341 e. The van der Waals surface area contributed by atoms with Gasteiger partial charge in [0, 0.05) is 43.2 Å². The van der Waals surface area contributed by atoms with E-state index in [2.05, 4.69) is 15.1 Å². The predicted octanol–water partition coefficient (Wildman–Crippen LogP) is 4.67. The third kappa shape index (κ3) is 6.53. The Morgan fingerprint density at radius 3 is 2.34 bits per heavy atom. The first-order chi connectivity index (χ1) is 18.4. The molecule has 0 spiro atoms. The average molecular weight is 538 g/mol. The minimum atomic E-state index is -0.416. The number of hydrogen-bond acceptors (Lipinski definition) is 8. The van der Waals surface area contributed by atoms with E-state index in [0.717, 1.165) is 65.8 Å². The van der Waals surface area contributed by atoms with Gasteiger partial charge < -0.3 is 19.5 Å². The Morgan fingerprint density at radius 2 is 1.68 bits per heavy atom. The normalized spacial score (nSPS) is 14.2. The smallest absolute Gasteiger partial charge is 0.341 e. The van der Waals surface area contributed by atoms with Gasteiger partial charge in [-0.25, -0.2) is 4.79 Å². The third-order valence-corrected chi connectivity index (χ3v) is 7.89. The van der Waals surface area contributed by atoms with Crippen molar-refractivity contribution in [3.8, 4) is 21.9 Å². The van der Waals surface area contributed by atoms with Gasteiger partial charge in [0.25, 0.3) is 0 Å². The molecule has 0 unspecified atom stereocenters. The second kappa shape index (κ2) is 12.9. The Balaban J connectivity index is 1.39. The van der Waals surface area contributed by atoms with Gasteiger partial charge in [-0.05, 0) is 43.2 Å². The van der Waals surface area contributed by atoms with Crippen LogP contribution in [0.15, 0.2) is 48.5 Å². The van der Waals surface area contributed by atoms with Crippen LogP contribution in [0.4, 0.5) is 5.00 Å². The fourth-order valence-electron chi connectivity index (χ4n) is 4.64. The molecule has 4 rings (SSSR count). The van der Waals surface area contributed by atoms with E-state index in [0.29, 0.717) is 10.6 Å². The van der Waals surface area contributed by atoms with Crippen molar-refractivity contribution in [3.05, 3.63) is 65.2 Å². The number of piperazine rings is 1. The number of amides is 1. The number of hydrogen-bond donors (Lipinski definition) is 1. The Kier molecular flexibility index (Phi) is 9.38. The molecule has 0 radical (unpaired) electrons. The fourth-order valence-corrected chi connectivity index (χ4v) is 5.85. The highest BCUT2D eigenvalue weighted by atomic mass is 32.1. The number of thiophene rings is 1. The van der Waals surface area contributed by atoms with E-state index in [4.69, 9.17) is 14.2 Å². The Bertz CT molecular complexity index is 1250. The van der Waals surface area contributed by atoms with Gasteiger partial charge in [-0.1, -0.05) is 30.3 Å². The molecule has 9 heteroatoms. The van der Waals surface area contributed by atoms with Crippen molar-refractivity contribution in [2.24, 2.45) is 0 Å². The Morgan fingerprint density at radius 1 is 0.974 bits per heavy atom. The molecule has 38 heavy (non-hydrogen) atoms. The zero-order valence-corrected chi connectivity index (χ0v) is 23.2. The van der Waals surface area contributed by atoms with Gasteiger partial charge in [-0.2, -0.15) is 0 Å². The van der Waals surface area contributed by atoms with Gasteiger partial charge in [0.15, 0.2) is 0 Å². The van der Waals surface area contributed by atoms with Crippen molar-refractivity contribution < 1.29 is 23.8 Å². The van der Waals surface area contributed by atoms with Crippen LogP contribution in [0.2, 0.25) is 0 Å². The van der Waals surface area contributed by atoms with Crippen molar-refractivity contribution in [2.75, 3.05) is 58.9 Å². The lowest BCUT2D eigenvalue weighted by atomic mass is 10.1. The molecule has 0 bridgehead atoms. The summed E-state index contributed by atoms with van der Waals surface area (Å²) in [5, 5.41) is 3.54. The number of nitrogens with one attached hydrogen (secondary N) is 1. The molecule has 0 atom stereocenters. The zero-order chi connectivity index (χ0) is 27.1. The average Bonchev–Trinajstić information content (AvgIpc) is 3.25. The lowest BCUT2D eigenvalue weighted by Gasteiger charge is -2.34. The number of rotatable bonds is 10. The molecular formula is C29H35N3O5S. The summed E-state index contributed by atoms with van der Waals surface area (Å²) in [6, 6.07) is 15.7. The number of ether oxygens (including phenoxy) is 3. The molecule has 1 aliphatic heterocycles. The van der Waals surface area contributed by atoms with Gasteiger partial charge in [-0.15, -0.1) is 11.3 Å². The number of benzene rings is 2. The van der Waals surface area contributed by atoms with Crippen LogP contribution in [-0.2, 0) is 16.1 Å². The van der Waals surface area contributed by atoms with Gasteiger partial charge in [-0.3, -0.25) is 14.6 Å². The van der Waals surface area contributed by atoms with Crippen molar-refractivity contribution in [1.29, 1.82) is 0 Å². The molecule has 1 fully saturated rings. The molecule has 1 amide bonds. The van der Waals surface area contributed by atoms with Crippen LogP contribution in [0.5, 0.6) is 11.5 Å². The summed E-state index contributed by atoms with van der Waals surface area (Å²) in [5.41, 5.74) is 3.33. The summed E-state index contributed by atoms with van der Waals surface area (Å²) < 4.78 is 16.2.